The smallest absolute Gasteiger partial charge is 0.271 e. The molecule has 0 bridgehead atoms. The fourth-order valence-electron chi connectivity index (χ4n) is 1.07. The molecule has 0 aliphatic heterocycles. The maximum absolute atomic E-state index is 12.1. The number of thiophene rings is 1. The van der Waals surface area contributed by atoms with Gasteiger partial charge in [0.1, 0.15) is 16.2 Å². The molecule has 0 saturated carbocycles. The topological polar surface area (TPSA) is 72.0 Å². The molecule has 0 unspecified atom stereocenters. The van der Waals surface area contributed by atoms with Crippen molar-refractivity contribution in [2.24, 2.45) is 0 Å². The van der Waals surface area contributed by atoms with E-state index in [-0.39, 0.29) is 20.2 Å². The summed E-state index contributed by atoms with van der Waals surface area (Å²) in [6.07, 6.45) is 1.13. The Labute approximate surface area is 136 Å². The minimum Gasteiger partial charge on any atom is -0.273 e. The molecule has 0 saturated heterocycles. The lowest BCUT2D eigenvalue weighted by atomic mass is 10.6. The number of aromatic nitrogens is 2. The van der Waals surface area contributed by atoms with E-state index in [1.807, 2.05) is 0 Å². The lowest BCUT2D eigenvalue weighted by Crippen LogP contribution is -2.13. The second kappa shape index (κ2) is 5.71. The highest BCUT2D eigenvalue weighted by Crippen LogP contribution is 2.36. The van der Waals surface area contributed by atoms with E-state index in [0.717, 1.165) is 17.7 Å². The molecular formula is C8H3BrCl3N3O2S2. The third-order valence-electron chi connectivity index (χ3n) is 1.88. The van der Waals surface area contributed by atoms with Gasteiger partial charge in [0.25, 0.3) is 10.0 Å². The number of nitrogens with one attached hydrogen (secondary N) is 1. The van der Waals surface area contributed by atoms with Crippen LogP contribution in [-0.4, -0.2) is 18.4 Å². The Morgan fingerprint density at radius 3 is 2.26 bits per heavy atom. The molecule has 0 fully saturated rings. The zero-order valence-corrected chi connectivity index (χ0v) is 14.2. The number of sulfonamides is 1. The van der Waals surface area contributed by atoms with E-state index in [1.54, 1.807) is 0 Å². The molecule has 2 aromatic heterocycles. The van der Waals surface area contributed by atoms with Gasteiger partial charge in [-0.2, -0.15) is 0 Å². The quantitative estimate of drug-likeness (QED) is 0.756. The van der Waals surface area contributed by atoms with Crippen LogP contribution in [-0.2, 0) is 10.0 Å². The SMILES string of the molecule is O=S(=O)(Nc1c(Cl)ncnc1Cl)c1cc(Cl)c(Br)s1. The average molecular weight is 424 g/mol. The summed E-state index contributed by atoms with van der Waals surface area (Å²) in [6.45, 7) is 0. The van der Waals surface area contributed by atoms with Gasteiger partial charge in [-0.3, -0.25) is 4.72 Å². The predicted molar refractivity (Wildman–Crippen MR) is 79.9 cm³/mol. The second-order valence-corrected chi connectivity index (χ2v) is 8.53. The normalized spacial score (nSPS) is 11.6. The molecule has 0 aliphatic rings. The van der Waals surface area contributed by atoms with Gasteiger partial charge >= 0.3 is 0 Å². The van der Waals surface area contributed by atoms with Gasteiger partial charge in [0.15, 0.2) is 10.3 Å². The molecule has 2 heterocycles. The van der Waals surface area contributed by atoms with E-state index in [0.29, 0.717) is 8.81 Å². The summed E-state index contributed by atoms with van der Waals surface area (Å²) in [5.41, 5.74) is -0.0773. The molecule has 1 N–H and O–H groups in total. The molecule has 0 spiro atoms. The molecule has 0 aromatic carbocycles. The Balaban J connectivity index is 2.42. The van der Waals surface area contributed by atoms with Crippen molar-refractivity contribution in [3.8, 4) is 0 Å². The van der Waals surface area contributed by atoms with E-state index in [9.17, 15) is 8.42 Å². The average Bonchev–Trinajstić information content (AvgIpc) is 2.66. The van der Waals surface area contributed by atoms with Gasteiger partial charge in [0.2, 0.25) is 0 Å². The van der Waals surface area contributed by atoms with Crippen LogP contribution < -0.4 is 4.72 Å². The summed E-state index contributed by atoms with van der Waals surface area (Å²) in [4.78, 5) is 7.30. The number of halogens is 4. The van der Waals surface area contributed by atoms with Gasteiger partial charge in [0.05, 0.1) is 8.81 Å². The van der Waals surface area contributed by atoms with Gasteiger partial charge < -0.3 is 0 Å². The Morgan fingerprint density at radius 1 is 1.21 bits per heavy atom. The molecule has 11 heteroatoms. The van der Waals surface area contributed by atoms with Gasteiger partial charge in [0, 0.05) is 0 Å². The number of rotatable bonds is 3. The van der Waals surface area contributed by atoms with E-state index < -0.39 is 10.0 Å². The van der Waals surface area contributed by atoms with Gasteiger partial charge in [-0.15, -0.1) is 11.3 Å². The third kappa shape index (κ3) is 3.32. The minimum atomic E-state index is -3.85. The van der Waals surface area contributed by atoms with Crippen molar-refractivity contribution in [3.05, 3.63) is 31.5 Å². The molecule has 0 amide bonds. The molecule has 5 nitrogen and oxygen atoms in total. The summed E-state index contributed by atoms with van der Waals surface area (Å²) >= 11 is 21.4. The summed E-state index contributed by atoms with van der Waals surface area (Å²) in [6, 6.07) is 1.31. The number of hydrogen-bond donors (Lipinski definition) is 1. The molecule has 2 rings (SSSR count). The highest BCUT2D eigenvalue weighted by atomic mass is 79.9. The molecule has 0 radical (unpaired) electrons. The van der Waals surface area contributed by atoms with Crippen LogP contribution in [0.15, 0.2) is 20.4 Å². The highest BCUT2D eigenvalue weighted by Gasteiger charge is 2.22. The maximum Gasteiger partial charge on any atom is 0.271 e. The van der Waals surface area contributed by atoms with Gasteiger partial charge in [-0.1, -0.05) is 34.8 Å². The van der Waals surface area contributed by atoms with Crippen LogP contribution in [0.1, 0.15) is 0 Å². The zero-order chi connectivity index (χ0) is 14.2. The van der Waals surface area contributed by atoms with Crippen LogP contribution in [0.2, 0.25) is 15.3 Å². The fraction of sp³-hybridized carbons (Fsp3) is 0. The van der Waals surface area contributed by atoms with Crippen molar-refractivity contribution in [2.75, 3.05) is 4.72 Å². The first-order valence-corrected chi connectivity index (χ1v) is 8.67. The first-order valence-electron chi connectivity index (χ1n) is 4.45. The van der Waals surface area contributed by atoms with Crippen molar-refractivity contribution in [1.82, 2.24) is 9.97 Å². The van der Waals surface area contributed by atoms with Crippen LogP contribution in [0.3, 0.4) is 0 Å². The van der Waals surface area contributed by atoms with Crippen molar-refractivity contribution in [2.45, 2.75) is 4.21 Å². The van der Waals surface area contributed by atoms with Gasteiger partial charge in [-0.05, 0) is 22.0 Å². The van der Waals surface area contributed by atoms with Crippen molar-refractivity contribution in [1.29, 1.82) is 0 Å². The molecular weight excluding hydrogens is 421 g/mol. The zero-order valence-electron chi connectivity index (χ0n) is 8.69. The van der Waals surface area contributed by atoms with Crippen LogP contribution in [0.25, 0.3) is 0 Å². The Morgan fingerprint density at radius 2 is 1.79 bits per heavy atom. The molecule has 0 atom stereocenters. The van der Waals surface area contributed by atoms with E-state index in [2.05, 4.69) is 30.6 Å². The summed E-state index contributed by atoms with van der Waals surface area (Å²) in [5.74, 6) is 0. The maximum atomic E-state index is 12.1. The number of anilines is 1. The van der Waals surface area contributed by atoms with Crippen LogP contribution in [0.4, 0.5) is 5.69 Å². The molecule has 2 aromatic rings. The highest BCUT2D eigenvalue weighted by molar-refractivity contribution is 9.11. The Hall–Kier alpha value is -0.120. The summed E-state index contributed by atoms with van der Waals surface area (Å²) in [5, 5.41) is 0.113. The predicted octanol–water partition coefficient (Wildman–Crippen LogP) is 4.06. The third-order valence-corrected chi connectivity index (χ3v) is 6.75. The van der Waals surface area contributed by atoms with Crippen LogP contribution in [0.5, 0.6) is 0 Å². The summed E-state index contributed by atoms with van der Waals surface area (Å²) in [7, 11) is -3.85. The Bertz CT molecular complexity index is 695. The summed E-state index contributed by atoms with van der Waals surface area (Å²) < 4.78 is 27.0. The number of nitrogens with zero attached hydrogens (tertiary/aromatic N) is 2. The second-order valence-electron chi connectivity index (χ2n) is 3.12. The lowest BCUT2D eigenvalue weighted by molar-refractivity contribution is 0.603. The number of hydrogen-bond acceptors (Lipinski definition) is 5. The molecule has 19 heavy (non-hydrogen) atoms. The molecule has 0 aliphatic carbocycles. The van der Waals surface area contributed by atoms with E-state index >= 15 is 0 Å². The van der Waals surface area contributed by atoms with E-state index in [4.69, 9.17) is 34.8 Å². The largest absolute Gasteiger partial charge is 0.273 e. The lowest BCUT2D eigenvalue weighted by Gasteiger charge is -2.07. The standard InChI is InChI=1S/C8H3BrCl3N3O2S2/c9-6-3(10)1-4(18-6)19(16,17)15-5-7(11)13-2-14-8(5)12/h1-2,15H. The molecule has 102 valence electrons. The van der Waals surface area contributed by atoms with Crippen molar-refractivity contribution < 1.29 is 8.42 Å². The fourth-order valence-corrected chi connectivity index (χ4v) is 5.07. The minimum absolute atomic E-state index is 0.0142. The van der Waals surface area contributed by atoms with Gasteiger partial charge in [-0.25, -0.2) is 18.4 Å². The Kier molecular flexibility index (Phi) is 4.59. The first-order chi connectivity index (χ1) is 8.81. The van der Waals surface area contributed by atoms with E-state index in [1.165, 1.54) is 6.07 Å². The van der Waals surface area contributed by atoms with Crippen molar-refractivity contribution >= 4 is 77.8 Å². The van der Waals surface area contributed by atoms with Crippen LogP contribution >= 0.6 is 62.1 Å². The monoisotopic (exact) mass is 421 g/mol. The van der Waals surface area contributed by atoms with Crippen LogP contribution in [0, 0.1) is 0 Å². The van der Waals surface area contributed by atoms with Crippen molar-refractivity contribution in [3.63, 3.8) is 0 Å². The first kappa shape index (κ1) is 15.3.